The first-order valence-electron chi connectivity index (χ1n) is 7.01. The van der Waals surface area contributed by atoms with Crippen molar-refractivity contribution in [2.24, 2.45) is 5.92 Å². The average Bonchev–Trinajstić information content (AvgIpc) is 2.97. The predicted molar refractivity (Wildman–Crippen MR) is 88.6 cm³/mol. The topological polar surface area (TPSA) is 101 Å². The third kappa shape index (κ3) is 4.57. The highest BCUT2D eigenvalue weighted by Gasteiger charge is 2.23. The van der Waals surface area contributed by atoms with E-state index in [1.165, 1.54) is 0 Å². The van der Waals surface area contributed by atoms with Crippen LogP contribution in [0.3, 0.4) is 0 Å². The van der Waals surface area contributed by atoms with Gasteiger partial charge in [-0.15, -0.1) is 10.2 Å². The molecule has 9 heteroatoms. The molecule has 0 aliphatic carbocycles. The van der Waals surface area contributed by atoms with Crippen LogP contribution in [0.25, 0.3) is 0 Å². The maximum Gasteiger partial charge on any atom is 0.270 e. The van der Waals surface area contributed by atoms with Crippen LogP contribution < -0.4 is 10.0 Å². The smallest absolute Gasteiger partial charge is 0.270 e. The summed E-state index contributed by atoms with van der Waals surface area (Å²) in [6, 6.07) is 8.80. The highest BCUT2D eigenvalue weighted by molar-refractivity contribution is 7.91. The summed E-state index contributed by atoms with van der Waals surface area (Å²) in [4.78, 5) is 11.6. The monoisotopic (exact) mass is 354 g/mol. The zero-order chi connectivity index (χ0) is 17.0. The molecule has 0 spiro atoms. The molecular formula is C14H18N4O3S2. The number of nitrogens with zero attached hydrogens (tertiary/aromatic N) is 2. The van der Waals surface area contributed by atoms with E-state index in [1.54, 1.807) is 20.8 Å². The molecule has 0 unspecified atom stereocenters. The van der Waals surface area contributed by atoms with Crippen molar-refractivity contribution in [1.82, 2.24) is 14.9 Å². The van der Waals surface area contributed by atoms with Gasteiger partial charge in [0, 0.05) is 12.0 Å². The van der Waals surface area contributed by atoms with Gasteiger partial charge < -0.3 is 5.32 Å². The lowest BCUT2D eigenvalue weighted by Gasteiger charge is -2.12. The van der Waals surface area contributed by atoms with Crippen LogP contribution in [-0.4, -0.2) is 24.5 Å². The average molecular weight is 354 g/mol. The maximum atomic E-state index is 12.3. The van der Waals surface area contributed by atoms with E-state index in [-0.39, 0.29) is 21.3 Å². The highest BCUT2D eigenvalue weighted by atomic mass is 32.2. The van der Waals surface area contributed by atoms with Crippen LogP contribution >= 0.6 is 11.3 Å². The second-order valence-corrected chi connectivity index (χ2v) is 8.14. The molecule has 0 aliphatic rings. The highest BCUT2D eigenvalue weighted by Crippen LogP contribution is 2.22. The minimum Gasteiger partial charge on any atom is -0.300 e. The van der Waals surface area contributed by atoms with Gasteiger partial charge in [0.2, 0.25) is 15.4 Å². The Morgan fingerprint density at radius 2 is 1.78 bits per heavy atom. The number of hydrogen-bond acceptors (Lipinski definition) is 6. The second kappa shape index (κ2) is 7.16. The molecular weight excluding hydrogens is 336 g/mol. The van der Waals surface area contributed by atoms with Crippen molar-refractivity contribution >= 4 is 32.4 Å². The number of rotatable bonds is 6. The Hall–Kier alpha value is -1.84. The van der Waals surface area contributed by atoms with Gasteiger partial charge in [0.15, 0.2) is 0 Å². The number of amides is 1. The molecule has 124 valence electrons. The van der Waals surface area contributed by atoms with Gasteiger partial charge in [-0.2, -0.15) is 0 Å². The van der Waals surface area contributed by atoms with Crippen molar-refractivity contribution in [3.05, 3.63) is 35.9 Å². The molecule has 0 aliphatic heterocycles. The summed E-state index contributed by atoms with van der Waals surface area (Å²) >= 11 is 0.818. The van der Waals surface area contributed by atoms with E-state index in [1.807, 2.05) is 30.3 Å². The SMILES string of the molecule is CC(C)C(=O)Nc1nnc(S(=O)(=O)N[C@H](C)c2ccccc2)s1. The molecule has 7 nitrogen and oxygen atoms in total. The summed E-state index contributed by atoms with van der Waals surface area (Å²) in [5.74, 6) is -0.467. The van der Waals surface area contributed by atoms with Gasteiger partial charge in [0.25, 0.3) is 10.0 Å². The summed E-state index contributed by atoms with van der Waals surface area (Å²) in [6.45, 7) is 5.21. The summed E-state index contributed by atoms with van der Waals surface area (Å²) in [5, 5.41) is 10.0. The van der Waals surface area contributed by atoms with Crippen LogP contribution in [0.2, 0.25) is 0 Å². The van der Waals surface area contributed by atoms with Gasteiger partial charge in [-0.05, 0) is 12.5 Å². The fraction of sp³-hybridized carbons (Fsp3) is 0.357. The maximum absolute atomic E-state index is 12.3. The fourth-order valence-electron chi connectivity index (χ4n) is 1.71. The normalized spacial score (nSPS) is 13.0. The van der Waals surface area contributed by atoms with Gasteiger partial charge in [0.05, 0.1) is 0 Å². The Balaban J connectivity index is 2.11. The molecule has 23 heavy (non-hydrogen) atoms. The molecule has 1 aromatic carbocycles. The lowest BCUT2D eigenvalue weighted by Crippen LogP contribution is -2.26. The van der Waals surface area contributed by atoms with Crippen molar-refractivity contribution in [3.8, 4) is 0 Å². The number of anilines is 1. The first-order valence-corrected chi connectivity index (χ1v) is 9.31. The molecule has 0 radical (unpaired) electrons. The summed E-state index contributed by atoms with van der Waals surface area (Å²) < 4.78 is 27.0. The Labute approximate surface area is 139 Å². The molecule has 0 fully saturated rings. The number of aromatic nitrogens is 2. The van der Waals surface area contributed by atoms with Crippen molar-refractivity contribution < 1.29 is 13.2 Å². The van der Waals surface area contributed by atoms with E-state index in [9.17, 15) is 13.2 Å². The minimum absolute atomic E-state index is 0.163. The number of carbonyl (C=O) groups is 1. The fourth-order valence-corrected chi connectivity index (χ4v) is 3.86. The summed E-state index contributed by atoms with van der Waals surface area (Å²) in [7, 11) is -3.80. The van der Waals surface area contributed by atoms with Gasteiger partial charge in [-0.1, -0.05) is 55.5 Å². The number of carbonyl (C=O) groups excluding carboxylic acids is 1. The van der Waals surface area contributed by atoms with Crippen molar-refractivity contribution in [2.75, 3.05) is 5.32 Å². The Morgan fingerprint density at radius 3 is 2.39 bits per heavy atom. The van der Waals surface area contributed by atoms with Crippen molar-refractivity contribution in [1.29, 1.82) is 0 Å². The third-order valence-electron chi connectivity index (χ3n) is 3.02. The second-order valence-electron chi connectivity index (χ2n) is 5.27. The number of sulfonamides is 1. The molecule has 0 saturated heterocycles. The molecule has 2 N–H and O–H groups in total. The molecule has 1 heterocycles. The molecule has 1 atom stereocenters. The molecule has 2 rings (SSSR count). The van der Waals surface area contributed by atoms with E-state index in [0.29, 0.717) is 0 Å². The van der Waals surface area contributed by atoms with E-state index in [2.05, 4.69) is 20.2 Å². The van der Waals surface area contributed by atoms with E-state index >= 15 is 0 Å². The first kappa shape index (κ1) is 17.5. The minimum atomic E-state index is -3.80. The van der Waals surface area contributed by atoms with Gasteiger partial charge in [-0.3, -0.25) is 4.79 Å². The molecule has 1 aromatic heterocycles. The van der Waals surface area contributed by atoms with Crippen LogP contribution in [0, 0.1) is 5.92 Å². The lowest BCUT2D eigenvalue weighted by atomic mass is 10.1. The number of benzene rings is 1. The molecule has 0 saturated carbocycles. The summed E-state index contributed by atoms with van der Waals surface area (Å²) in [6.07, 6.45) is 0. The van der Waals surface area contributed by atoms with Gasteiger partial charge in [0.1, 0.15) is 0 Å². The first-order chi connectivity index (χ1) is 10.8. The zero-order valence-electron chi connectivity index (χ0n) is 13.0. The third-order valence-corrected chi connectivity index (χ3v) is 5.77. The zero-order valence-corrected chi connectivity index (χ0v) is 14.6. The van der Waals surface area contributed by atoms with Crippen molar-refractivity contribution in [2.45, 2.75) is 31.2 Å². The Morgan fingerprint density at radius 1 is 1.13 bits per heavy atom. The molecule has 2 aromatic rings. The number of hydrogen-bond donors (Lipinski definition) is 2. The van der Waals surface area contributed by atoms with E-state index < -0.39 is 16.1 Å². The van der Waals surface area contributed by atoms with Crippen LogP contribution in [0.4, 0.5) is 5.13 Å². The Kier molecular flexibility index (Phi) is 5.45. The lowest BCUT2D eigenvalue weighted by molar-refractivity contribution is -0.118. The number of nitrogens with one attached hydrogen (secondary N) is 2. The quantitative estimate of drug-likeness (QED) is 0.774. The van der Waals surface area contributed by atoms with Crippen LogP contribution in [0.1, 0.15) is 32.4 Å². The summed E-state index contributed by atoms with van der Waals surface area (Å²) in [5.41, 5.74) is 0.842. The Bertz CT molecular complexity index is 772. The van der Waals surface area contributed by atoms with E-state index in [4.69, 9.17) is 0 Å². The molecule has 0 bridgehead atoms. The van der Waals surface area contributed by atoms with Gasteiger partial charge in [-0.25, -0.2) is 13.1 Å². The molecule has 1 amide bonds. The largest absolute Gasteiger partial charge is 0.300 e. The van der Waals surface area contributed by atoms with Crippen LogP contribution in [-0.2, 0) is 14.8 Å². The van der Waals surface area contributed by atoms with Crippen LogP contribution in [0.5, 0.6) is 0 Å². The van der Waals surface area contributed by atoms with Crippen LogP contribution in [0.15, 0.2) is 34.7 Å². The predicted octanol–water partition coefficient (Wildman–Crippen LogP) is 2.17. The van der Waals surface area contributed by atoms with E-state index in [0.717, 1.165) is 16.9 Å². The van der Waals surface area contributed by atoms with Gasteiger partial charge >= 0.3 is 0 Å². The standard InChI is InChI=1S/C14H18N4O3S2/c1-9(2)12(19)15-13-16-17-14(22-13)23(20,21)18-10(3)11-7-5-4-6-8-11/h4-10,18H,1-3H3,(H,15,16,19)/t10-/m1/s1. The van der Waals surface area contributed by atoms with Crippen molar-refractivity contribution in [3.63, 3.8) is 0 Å².